The first-order valence-corrected chi connectivity index (χ1v) is 9.29. The Kier molecular flexibility index (Phi) is 6.68. The molecule has 142 valence electrons. The molecular weight excluding hydrogens is 389 g/mol. The van der Waals surface area contributed by atoms with Crippen molar-refractivity contribution in [2.45, 2.75) is 23.3 Å². The van der Waals surface area contributed by atoms with E-state index in [-0.39, 0.29) is 23.2 Å². The number of sulfonamides is 1. The summed E-state index contributed by atoms with van der Waals surface area (Å²) in [6.07, 6.45) is 0.557. The number of piperidine rings is 1. The van der Waals surface area contributed by atoms with E-state index in [2.05, 4.69) is 10.0 Å². The van der Waals surface area contributed by atoms with Gasteiger partial charge in [0.05, 0.1) is 4.90 Å². The van der Waals surface area contributed by atoms with Crippen molar-refractivity contribution in [3.63, 3.8) is 0 Å². The summed E-state index contributed by atoms with van der Waals surface area (Å²) in [4.78, 5) is -0.179. The molecule has 0 radical (unpaired) electrons. The zero-order valence-electron chi connectivity index (χ0n) is 13.6. The van der Waals surface area contributed by atoms with Crippen LogP contribution in [0.15, 0.2) is 47.4 Å². The van der Waals surface area contributed by atoms with Crippen molar-refractivity contribution in [1.82, 2.24) is 10.0 Å². The molecule has 0 aromatic heterocycles. The summed E-state index contributed by atoms with van der Waals surface area (Å²) in [7, 11) is -3.94. The Hall–Kier alpha value is -1.61. The van der Waals surface area contributed by atoms with Crippen molar-refractivity contribution in [2.24, 2.45) is 0 Å². The fourth-order valence-electron chi connectivity index (χ4n) is 3.03. The third-order valence-electron chi connectivity index (χ3n) is 4.27. The van der Waals surface area contributed by atoms with E-state index < -0.39 is 33.5 Å². The maximum atomic E-state index is 13.5. The Balaban J connectivity index is 0.00000243. The SMILES string of the molecule is Cl.O=S(=O)(NC1CNCCC1c1ccc(F)c(F)c1)c1cccc(F)c1. The molecule has 9 heteroatoms. The van der Waals surface area contributed by atoms with Gasteiger partial charge in [-0.05, 0) is 48.9 Å². The number of benzene rings is 2. The first-order chi connectivity index (χ1) is 11.9. The lowest BCUT2D eigenvalue weighted by Crippen LogP contribution is -2.49. The highest BCUT2D eigenvalue weighted by atomic mass is 35.5. The Morgan fingerprint density at radius 1 is 1.04 bits per heavy atom. The molecule has 1 aliphatic heterocycles. The lowest BCUT2D eigenvalue weighted by Gasteiger charge is -2.33. The molecule has 1 heterocycles. The summed E-state index contributed by atoms with van der Waals surface area (Å²) in [5, 5.41) is 3.08. The molecule has 1 saturated heterocycles. The molecule has 0 spiro atoms. The predicted molar refractivity (Wildman–Crippen MR) is 94.3 cm³/mol. The van der Waals surface area contributed by atoms with Gasteiger partial charge in [0.1, 0.15) is 5.82 Å². The predicted octanol–water partition coefficient (Wildman–Crippen LogP) is 2.95. The standard InChI is InChI=1S/C17H17F3N2O2S.ClH/c18-12-2-1-3-13(9-12)25(23,24)22-17-10-21-7-6-14(17)11-4-5-15(19)16(20)8-11;/h1-5,8-9,14,17,21-22H,6-7,10H2;1H. The van der Waals surface area contributed by atoms with Gasteiger partial charge in [-0.2, -0.15) is 0 Å². The average molecular weight is 407 g/mol. The van der Waals surface area contributed by atoms with Gasteiger partial charge >= 0.3 is 0 Å². The Morgan fingerprint density at radius 2 is 1.81 bits per heavy atom. The van der Waals surface area contributed by atoms with Crippen LogP contribution in [0.3, 0.4) is 0 Å². The van der Waals surface area contributed by atoms with E-state index in [0.717, 1.165) is 24.3 Å². The molecule has 1 aliphatic rings. The van der Waals surface area contributed by atoms with Gasteiger partial charge in [-0.25, -0.2) is 26.3 Å². The van der Waals surface area contributed by atoms with Crippen LogP contribution in [-0.4, -0.2) is 27.5 Å². The summed E-state index contributed by atoms with van der Waals surface area (Å²) < 4.78 is 67.6. The minimum absolute atomic E-state index is 0. The minimum atomic E-state index is -3.94. The van der Waals surface area contributed by atoms with Crippen LogP contribution in [0.1, 0.15) is 17.9 Å². The summed E-state index contributed by atoms with van der Waals surface area (Å²) in [5.41, 5.74) is 0.521. The molecule has 2 aromatic rings. The van der Waals surface area contributed by atoms with Gasteiger partial charge in [0.15, 0.2) is 11.6 Å². The van der Waals surface area contributed by atoms with E-state index in [1.807, 2.05) is 0 Å². The molecule has 0 bridgehead atoms. The van der Waals surface area contributed by atoms with E-state index >= 15 is 0 Å². The molecule has 26 heavy (non-hydrogen) atoms. The van der Waals surface area contributed by atoms with E-state index in [9.17, 15) is 21.6 Å². The van der Waals surface area contributed by atoms with Crippen LogP contribution in [0.5, 0.6) is 0 Å². The van der Waals surface area contributed by atoms with Crippen molar-refractivity contribution in [2.75, 3.05) is 13.1 Å². The highest BCUT2D eigenvalue weighted by molar-refractivity contribution is 7.89. The highest BCUT2D eigenvalue weighted by Crippen LogP contribution is 2.28. The Morgan fingerprint density at radius 3 is 2.50 bits per heavy atom. The van der Waals surface area contributed by atoms with Gasteiger partial charge < -0.3 is 5.32 Å². The first-order valence-electron chi connectivity index (χ1n) is 7.80. The monoisotopic (exact) mass is 406 g/mol. The molecule has 2 N–H and O–H groups in total. The van der Waals surface area contributed by atoms with Gasteiger partial charge in [0.25, 0.3) is 0 Å². The van der Waals surface area contributed by atoms with Crippen LogP contribution in [0, 0.1) is 17.5 Å². The largest absolute Gasteiger partial charge is 0.315 e. The van der Waals surface area contributed by atoms with E-state index in [1.165, 1.54) is 18.2 Å². The van der Waals surface area contributed by atoms with Crippen molar-refractivity contribution in [1.29, 1.82) is 0 Å². The number of halogens is 4. The van der Waals surface area contributed by atoms with Crippen molar-refractivity contribution in [3.05, 3.63) is 65.5 Å². The van der Waals surface area contributed by atoms with Gasteiger partial charge in [-0.1, -0.05) is 12.1 Å². The van der Waals surface area contributed by atoms with Crippen LogP contribution in [0.4, 0.5) is 13.2 Å². The van der Waals surface area contributed by atoms with Gasteiger partial charge in [0.2, 0.25) is 10.0 Å². The van der Waals surface area contributed by atoms with Crippen LogP contribution in [-0.2, 0) is 10.0 Å². The summed E-state index contributed by atoms with van der Waals surface area (Å²) >= 11 is 0. The first kappa shape index (κ1) is 20.7. The summed E-state index contributed by atoms with van der Waals surface area (Å²) in [5.74, 6) is -2.89. The van der Waals surface area contributed by atoms with Gasteiger partial charge in [0, 0.05) is 18.5 Å². The van der Waals surface area contributed by atoms with Crippen LogP contribution in [0.25, 0.3) is 0 Å². The summed E-state index contributed by atoms with van der Waals surface area (Å²) in [6, 6.07) is 7.73. The lowest BCUT2D eigenvalue weighted by atomic mass is 9.86. The molecule has 4 nitrogen and oxygen atoms in total. The summed E-state index contributed by atoms with van der Waals surface area (Å²) in [6.45, 7) is 0.958. The molecule has 2 atom stereocenters. The van der Waals surface area contributed by atoms with Crippen LogP contribution in [0.2, 0.25) is 0 Å². The van der Waals surface area contributed by atoms with E-state index in [0.29, 0.717) is 25.1 Å². The molecule has 0 amide bonds. The number of rotatable bonds is 4. The highest BCUT2D eigenvalue weighted by Gasteiger charge is 2.31. The fraction of sp³-hybridized carbons (Fsp3) is 0.294. The van der Waals surface area contributed by atoms with Crippen molar-refractivity contribution in [3.8, 4) is 0 Å². The molecule has 1 fully saturated rings. The quantitative estimate of drug-likeness (QED) is 0.820. The number of nitrogens with one attached hydrogen (secondary N) is 2. The van der Waals surface area contributed by atoms with Gasteiger partial charge in [-0.3, -0.25) is 0 Å². The number of hydrogen-bond acceptors (Lipinski definition) is 3. The molecular formula is C17H18ClF3N2O2S. The van der Waals surface area contributed by atoms with Crippen LogP contribution >= 0.6 is 12.4 Å². The molecule has 0 aliphatic carbocycles. The second-order valence-electron chi connectivity index (χ2n) is 5.96. The average Bonchev–Trinajstić information content (AvgIpc) is 2.58. The van der Waals surface area contributed by atoms with E-state index in [4.69, 9.17) is 0 Å². The van der Waals surface area contributed by atoms with E-state index in [1.54, 1.807) is 0 Å². The maximum Gasteiger partial charge on any atom is 0.240 e. The minimum Gasteiger partial charge on any atom is -0.315 e. The zero-order chi connectivity index (χ0) is 18.0. The molecule has 2 unspecified atom stereocenters. The maximum absolute atomic E-state index is 13.5. The Bertz CT molecular complexity index is 880. The normalized spacial score (nSPS) is 20.4. The number of hydrogen-bond donors (Lipinski definition) is 2. The topological polar surface area (TPSA) is 58.2 Å². The lowest BCUT2D eigenvalue weighted by molar-refractivity contribution is 0.376. The van der Waals surface area contributed by atoms with Crippen molar-refractivity contribution >= 4 is 22.4 Å². The second-order valence-corrected chi connectivity index (χ2v) is 7.67. The third-order valence-corrected chi connectivity index (χ3v) is 5.75. The van der Waals surface area contributed by atoms with Crippen LogP contribution < -0.4 is 10.0 Å². The third kappa shape index (κ3) is 4.56. The Labute approximate surface area is 156 Å². The smallest absolute Gasteiger partial charge is 0.240 e. The van der Waals surface area contributed by atoms with Gasteiger partial charge in [-0.15, -0.1) is 12.4 Å². The molecule has 0 saturated carbocycles. The molecule has 3 rings (SSSR count). The zero-order valence-corrected chi connectivity index (χ0v) is 15.2. The second kappa shape index (κ2) is 8.39. The molecule has 2 aromatic carbocycles. The fourth-order valence-corrected chi connectivity index (χ4v) is 4.33. The van der Waals surface area contributed by atoms with Crippen molar-refractivity contribution < 1.29 is 21.6 Å².